The first-order valence-corrected chi connectivity index (χ1v) is 4.24. The molecule has 0 rings (SSSR count). The predicted octanol–water partition coefficient (Wildman–Crippen LogP) is -2.50. The molecule has 0 amide bonds. The van der Waals surface area contributed by atoms with Gasteiger partial charge in [-0.25, -0.2) is 0 Å². The van der Waals surface area contributed by atoms with Crippen LogP contribution >= 0.6 is 0 Å². The third kappa shape index (κ3) is 3.69. The quantitative estimate of drug-likeness (QED) is 0.344. The lowest BCUT2D eigenvalue weighted by Crippen LogP contribution is -2.51. The van der Waals surface area contributed by atoms with Gasteiger partial charge in [-0.1, -0.05) is 0 Å². The highest BCUT2D eigenvalue weighted by atomic mass is 16.5. The zero-order chi connectivity index (χ0) is 11.1. The van der Waals surface area contributed by atoms with Crippen molar-refractivity contribution in [3.63, 3.8) is 0 Å². The van der Waals surface area contributed by atoms with Crippen molar-refractivity contribution in [3.05, 3.63) is 0 Å². The first-order chi connectivity index (χ1) is 6.58. The normalized spacial score (nSPS) is 19.8. The summed E-state index contributed by atoms with van der Waals surface area (Å²) in [7, 11) is 2.83. The Kier molecular flexibility index (Phi) is 6.60. The Morgan fingerprint density at radius 3 is 2.29 bits per heavy atom. The second-order valence-corrected chi connectivity index (χ2v) is 2.95. The molecule has 0 saturated carbocycles. The van der Waals surface area contributed by atoms with E-state index >= 15 is 0 Å². The SMILES string of the molecule is CN[C@@H](C=O)[C@@H](O)[C@H](O)[C@@H](O)COC. The zero-order valence-electron chi connectivity index (χ0n) is 8.25. The van der Waals surface area contributed by atoms with Crippen molar-refractivity contribution < 1.29 is 24.9 Å². The standard InChI is InChI=1S/C8H17NO5/c1-9-5(3-10)7(12)8(13)6(11)4-14-2/h3,5-9,11-13H,4H2,1-2H3/t5-,6-,7+,8+/m0/s1. The molecule has 0 aliphatic carbocycles. The number of carbonyl (C=O) groups excluding carboxylic acids is 1. The minimum atomic E-state index is -1.42. The van der Waals surface area contributed by atoms with E-state index in [1.807, 2.05) is 0 Å². The summed E-state index contributed by atoms with van der Waals surface area (Å²) in [6.07, 6.45) is -3.53. The van der Waals surface area contributed by atoms with E-state index in [9.17, 15) is 20.1 Å². The summed E-state index contributed by atoms with van der Waals surface area (Å²) in [6.45, 7) is -0.104. The van der Waals surface area contributed by atoms with Crippen LogP contribution < -0.4 is 5.32 Å². The number of ether oxygens (including phenoxy) is 1. The summed E-state index contributed by atoms with van der Waals surface area (Å²) >= 11 is 0. The summed E-state index contributed by atoms with van der Waals surface area (Å²) in [5.41, 5.74) is 0. The maximum Gasteiger partial charge on any atom is 0.139 e. The van der Waals surface area contributed by atoms with Gasteiger partial charge in [-0.05, 0) is 7.05 Å². The lowest BCUT2D eigenvalue weighted by atomic mass is 10.0. The van der Waals surface area contributed by atoms with Crippen LogP contribution in [0.2, 0.25) is 0 Å². The Balaban J connectivity index is 4.20. The molecule has 0 fully saturated rings. The van der Waals surface area contributed by atoms with Gasteiger partial charge in [-0.15, -0.1) is 0 Å². The molecule has 0 aromatic heterocycles. The molecule has 0 unspecified atom stereocenters. The number of aldehydes is 1. The van der Waals surface area contributed by atoms with Crippen molar-refractivity contribution >= 4 is 6.29 Å². The van der Waals surface area contributed by atoms with E-state index in [-0.39, 0.29) is 6.61 Å². The van der Waals surface area contributed by atoms with Crippen LogP contribution in [0, 0.1) is 0 Å². The number of aliphatic hydroxyl groups is 3. The average molecular weight is 207 g/mol. The molecule has 4 N–H and O–H groups in total. The summed E-state index contributed by atoms with van der Waals surface area (Å²) in [4.78, 5) is 10.4. The number of nitrogens with one attached hydrogen (secondary N) is 1. The molecule has 6 nitrogen and oxygen atoms in total. The van der Waals surface area contributed by atoms with Crippen LogP contribution in [0.4, 0.5) is 0 Å². The van der Waals surface area contributed by atoms with Crippen LogP contribution in [0.5, 0.6) is 0 Å². The van der Waals surface area contributed by atoms with E-state index in [2.05, 4.69) is 10.1 Å². The molecule has 0 heterocycles. The summed E-state index contributed by atoms with van der Waals surface area (Å²) in [5.74, 6) is 0. The second kappa shape index (κ2) is 6.86. The summed E-state index contributed by atoms with van der Waals surface area (Å²) in [6, 6.07) is -0.906. The van der Waals surface area contributed by atoms with Crippen molar-refractivity contribution in [2.75, 3.05) is 20.8 Å². The van der Waals surface area contributed by atoms with Crippen molar-refractivity contribution in [2.24, 2.45) is 0 Å². The number of methoxy groups -OCH3 is 1. The molecular weight excluding hydrogens is 190 g/mol. The summed E-state index contributed by atoms with van der Waals surface area (Å²) in [5, 5.41) is 30.5. The van der Waals surface area contributed by atoms with Gasteiger partial charge in [0, 0.05) is 7.11 Å². The van der Waals surface area contributed by atoms with Crippen molar-refractivity contribution in [2.45, 2.75) is 24.4 Å². The Morgan fingerprint density at radius 2 is 1.93 bits per heavy atom. The molecule has 0 aliphatic rings. The zero-order valence-corrected chi connectivity index (χ0v) is 8.25. The Bertz CT molecular complexity index is 166. The molecule has 0 saturated heterocycles. The maximum absolute atomic E-state index is 10.4. The van der Waals surface area contributed by atoms with Gasteiger partial charge in [0.15, 0.2) is 0 Å². The number of aliphatic hydroxyl groups excluding tert-OH is 3. The first kappa shape index (κ1) is 13.5. The third-order valence-corrected chi connectivity index (χ3v) is 1.93. The maximum atomic E-state index is 10.4. The van der Waals surface area contributed by atoms with Gasteiger partial charge in [-0.3, -0.25) is 0 Å². The number of likely N-dealkylation sites (N-methyl/N-ethyl adjacent to an activating group) is 1. The first-order valence-electron chi connectivity index (χ1n) is 4.24. The van der Waals surface area contributed by atoms with Gasteiger partial charge < -0.3 is 30.2 Å². The van der Waals surface area contributed by atoms with Crippen LogP contribution in [0.3, 0.4) is 0 Å². The third-order valence-electron chi connectivity index (χ3n) is 1.93. The Hall–Kier alpha value is -0.530. The average Bonchev–Trinajstić information content (AvgIpc) is 2.18. The van der Waals surface area contributed by atoms with E-state index < -0.39 is 24.4 Å². The smallest absolute Gasteiger partial charge is 0.139 e. The minimum absolute atomic E-state index is 0.104. The molecule has 0 aromatic carbocycles. The van der Waals surface area contributed by atoms with Crippen LogP contribution in [-0.2, 0) is 9.53 Å². The fourth-order valence-electron chi connectivity index (χ4n) is 1.03. The number of rotatable bonds is 7. The highest BCUT2D eigenvalue weighted by Crippen LogP contribution is 2.04. The van der Waals surface area contributed by atoms with Gasteiger partial charge in [0.2, 0.25) is 0 Å². The van der Waals surface area contributed by atoms with Gasteiger partial charge in [-0.2, -0.15) is 0 Å². The van der Waals surface area contributed by atoms with Crippen LogP contribution in [0.25, 0.3) is 0 Å². The molecule has 84 valence electrons. The molecule has 6 heteroatoms. The van der Waals surface area contributed by atoms with E-state index in [0.717, 1.165) is 0 Å². The molecule has 0 spiro atoms. The molecule has 0 aromatic rings. The van der Waals surface area contributed by atoms with Gasteiger partial charge >= 0.3 is 0 Å². The number of carbonyl (C=O) groups is 1. The van der Waals surface area contributed by atoms with Crippen LogP contribution in [0.15, 0.2) is 0 Å². The number of hydrogen-bond acceptors (Lipinski definition) is 6. The van der Waals surface area contributed by atoms with Gasteiger partial charge in [0.1, 0.15) is 24.6 Å². The monoisotopic (exact) mass is 207 g/mol. The predicted molar refractivity (Wildman–Crippen MR) is 48.8 cm³/mol. The summed E-state index contributed by atoms with van der Waals surface area (Å²) < 4.78 is 4.59. The number of hydrogen-bond donors (Lipinski definition) is 4. The molecule has 0 radical (unpaired) electrons. The lowest BCUT2D eigenvalue weighted by molar-refractivity contribution is -0.120. The molecular formula is C8H17NO5. The molecule has 4 atom stereocenters. The van der Waals surface area contributed by atoms with E-state index in [1.165, 1.54) is 14.2 Å². The molecule has 0 bridgehead atoms. The van der Waals surface area contributed by atoms with Crippen LogP contribution in [0.1, 0.15) is 0 Å². The van der Waals surface area contributed by atoms with Gasteiger partial charge in [0.25, 0.3) is 0 Å². The highest BCUT2D eigenvalue weighted by Gasteiger charge is 2.30. The van der Waals surface area contributed by atoms with Crippen molar-refractivity contribution in [1.29, 1.82) is 0 Å². The molecule has 0 aliphatic heterocycles. The van der Waals surface area contributed by atoms with E-state index in [4.69, 9.17) is 0 Å². The van der Waals surface area contributed by atoms with E-state index in [1.54, 1.807) is 0 Å². The van der Waals surface area contributed by atoms with Crippen LogP contribution in [-0.4, -0.2) is 66.7 Å². The topological polar surface area (TPSA) is 99.0 Å². The Morgan fingerprint density at radius 1 is 1.36 bits per heavy atom. The fourth-order valence-corrected chi connectivity index (χ4v) is 1.03. The van der Waals surface area contributed by atoms with Gasteiger partial charge in [0.05, 0.1) is 12.6 Å². The van der Waals surface area contributed by atoms with Crippen molar-refractivity contribution in [3.8, 4) is 0 Å². The van der Waals surface area contributed by atoms with E-state index in [0.29, 0.717) is 6.29 Å². The Labute approximate surface area is 82.5 Å². The van der Waals surface area contributed by atoms with Crippen molar-refractivity contribution in [1.82, 2.24) is 5.32 Å². The minimum Gasteiger partial charge on any atom is -0.388 e. The largest absolute Gasteiger partial charge is 0.388 e. The highest BCUT2D eigenvalue weighted by molar-refractivity contribution is 5.58. The second-order valence-electron chi connectivity index (χ2n) is 2.95. The molecule has 14 heavy (non-hydrogen) atoms. The lowest BCUT2D eigenvalue weighted by Gasteiger charge is -2.25. The fraction of sp³-hybridized carbons (Fsp3) is 0.875.